The lowest BCUT2D eigenvalue weighted by Gasteiger charge is -2.18. The van der Waals surface area contributed by atoms with Crippen molar-refractivity contribution in [3.63, 3.8) is 0 Å². The van der Waals surface area contributed by atoms with E-state index < -0.39 is 10.0 Å². The molecule has 6 nitrogen and oxygen atoms in total. The van der Waals surface area contributed by atoms with Crippen LogP contribution < -0.4 is 0 Å². The first kappa shape index (κ1) is 22.7. The molecule has 162 valence electrons. The van der Waals surface area contributed by atoms with Crippen molar-refractivity contribution in [2.45, 2.75) is 32.6 Å². The predicted molar refractivity (Wildman–Crippen MR) is 123 cm³/mol. The molecule has 0 radical (unpaired) electrons. The number of hydrogen-bond donors (Lipinski definition) is 0. The van der Waals surface area contributed by atoms with Crippen molar-refractivity contribution >= 4 is 21.9 Å². The SMILES string of the molecule is CCN(CC)S(=O)(=O)c1ccc(C(=O)/C=C/c2c(C)nn(-c3ccccc3)c2C)cc1. The van der Waals surface area contributed by atoms with Crippen molar-refractivity contribution in [2.75, 3.05) is 13.1 Å². The number of carbonyl (C=O) groups is 1. The minimum Gasteiger partial charge on any atom is -0.289 e. The second-order valence-corrected chi connectivity index (χ2v) is 9.08. The molecule has 0 amide bonds. The van der Waals surface area contributed by atoms with Gasteiger partial charge in [-0.2, -0.15) is 9.40 Å². The van der Waals surface area contributed by atoms with Crippen LogP contribution in [0.3, 0.4) is 0 Å². The van der Waals surface area contributed by atoms with Crippen LogP contribution in [0, 0.1) is 13.8 Å². The summed E-state index contributed by atoms with van der Waals surface area (Å²) in [5, 5.41) is 4.59. The van der Waals surface area contributed by atoms with Crippen LogP contribution in [0.4, 0.5) is 0 Å². The van der Waals surface area contributed by atoms with Gasteiger partial charge in [0, 0.05) is 29.9 Å². The molecular formula is C24H27N3O3S. The summed E-state index contributed by atoms with van der Waals surface area (Å²) in [6, 6.07) is 15.9. The van der Waals surface area contributed by atoms with Crippen LogP contribution in [0.2, 0.25) is 0 Å². The summed E-state index contributed by atoms with van der Waals surface area (Å²) in [6.45, 7) is 8.27. The van der Waals surface area contributed by atoms with Gasteiger partial charge < -0.3 is 0 Å². The number of allylic oxidation sites excluding steroid dienone is 1. The normalized spacial score (nSPS) is 12.0. The van der Waals surface area contributed by atoms with E-state index in [4.69, 9.17) is 0 Å². The third-order valence-corrected chi connectivity index (χ3v) is 7.30. The van der Waals surface area contributed by atoms with Crippen molar-refractivity contribution in [1.29, 1.82) is 0 Å². The van der Waals surface area contributed by atoms with Crippen LogP contribution in [0.15, 0.2) is 65.6 Å². The predicted octanol–water partition coefficient (Wildman–Crippen LogP) is 4.42. The van der Waals surface area contributed by atoms with Crippen LogP contribution in [-0.2, 0) is 10.0 Å². The third kappa shape index (κ3) is 4.68. The van der Waals surface area contributed by atoms with Gasteiger partial charge in [0.05, 0.1) is 16.3 Å². The molecule has 0 saturated carbocycles. The van der Waals surface area contributed by atoms with E-state index in [1.165, 1.54) is 22.5 Å². The Balaban J connectivity index is 1.82. The molecule has 31 heavy (non-hydrogen) atoms. The first-order valence-corrected chi connectivity index (χ1v) is 11.7. The maximum atomic E-state index is 12.7. The number of ketones is 1. The van der Waals surface area contributed by atoms with E-state index in [0.717, 1.165) is 22.6 Å². The van der Waals surface area contributed by atoms with E-state index in [-0.39, 0.29) is 10.7 Å². The van der Waals surface area contributed by atoms with Crippen molar-refractivity contribution in [3.05, 3.63) is 83.2 Å². The summed E-state index contributed by atoms with van der Waals surface area (Å²) in [5.74, 6) is -0.196. The lowest BCUT2D eigenvalue weighted by molar-refractivity contribution is 0.104. The molecule has 3 rings (SSSR count). The molecule has 0 aliphatic heterocycles. The first-order valence-electron chi connectivity index (χ1n) is 10.2. The average molecular weight is 438 g/mol. The number of aryl methyl sites for hydroxylation is 1. The lowest BCUT2D eigenvalue weighted by atomic mass is 10.1. The summed E-state index contributed by atoms with van der Waals surface area (Å²) in [6.07, 6.45) is 3.26. The zero-order valence-corrected chi connectivity index (χ0v) is 19.1. The van der Waals surface area contributed by atoms with Gasteiger partial charge in [-0.1, -0.05) is 32.0 Å². The number of sulfonamides is 1. The average Bonchev–Trinajstić information content (AvgIpc) is 3.06. The minimum atomic E-state index is -3.54. The van der Waals surface area contributed by atoms with E-state index in [0.29, 0.717) is 18.7 Å². The Morgan fingerprint density at radius 1 is 1.00 bits per heavy atom. The number of rotatable bonds is 8. The van der Waals surface area contributed by atoms with Gasteiger partial charge in [-0.3, -0.25) is 4.79 Å². The van der Waals surface area contributed by atoms with Crippen LogP contribution in [-0.4, -0.2) is 41.4 Å². The Morgan fingerprint density at radius 3 is 2.19 bits per heavy atom. The highest BCUT2D eigenvalue weighted by Gasteiger charge is 2.21. The Labute approximate surface area is 183 Å². The van der Waals surface area contributed by atoms with Gasteiger partial charge in [-0.25, -0.2) is 13.1 Å². The summed E-state index contributed by atoms with van der Waals surface area (Å²) in [5.41, 5.74) is 4.04. The summed E-state index contributed by atoms with van der Waals surface area (Å²) in [7, 11) is -3.54. The Hall–Kier alpha value is -3.03. The molecule has 1 heterocycles. The van der Waals surface area contributed by atoms with Gasteiger partial charge in [0.1, 0.15) is 0 Å². The summed E-state index contributed by atoms with van der Waals surface area (Å²) < 4.78 is 28.4. The molecule has 0 aliphatic carbocycles. The second-order valence-electron chi connectivity index (χ2n) is 7.14. The third-order valence-electron chi connectivity index (χ3n) is 5.23. The number of benzene rings is 2. The minimum absolute atomic E-state index is 0.188. The second kappa shape index (κ2) is 9.41. The highest BCUT2D eigenvalue weighted by atomic mass is 32.2. The molecule has 0 spiro atoms. The number of carbonyl (C=O) groups excluding carboxylic acids is 1. The van der Waals surface area contributed by atoms with Gasteiger partial charge in [-0.05, 0) is 62.4 Å². The fourth-order valence-electron chi connectivity index (χ4n) is 3.48. The molecule has 0 atom stereocenters. The monoisotopic (exact) mass is 437 g/mol. The molecular weight excluding hydrogens is 410 g/mol. The fraction of sp³-hybridized carbons (Fsp3) is 0.250. The maximum Gasteiger partial charge on any atom is 0.243 e. The van der Waals surface area contributed by atoms with Crippen molar-refractivity contribution in [3.8, 4) is 5.69 Å². The molecule has 3 aromatic rings. The molecule has 7 heteroatoms. The molecule has 0 unspecified atom stereocenters. The summed E-state index contributed by atoms with van der Waals surface area (Å²) in [4.78, 5) is 12.8. The molecule has 2 aromatic carbocycles. The van der Waals surface area contributed by atoms with Gasteiger partial charge >= 0.3 is 0 Å². The quantitative estimate of drug-likeness (QED) is 0.386. The Bertz CT molecular complexity index is 1190. The van der Waals surface area contributed by atoms with Crippen LogP contribution in [0.5, 0.6) is 0 Å². The highest BCUT2D eigenvalue weighted by Crippen LogP contribution is 2.20. The smallest absolute Gasteiger partial charge is 0.243 e. The number of aromatic nitrogens is 2. The van der Waals surface area contributed by atoms with Gasteiger partial charge in [0.2, 0.25) is 10.0 Å². The van der Waals surface area contributed by atoms with E-state index in [1.807, 2.05) is 48.9 Å². The lowest BCUT2D eigenvalue weighted by Crippen LogP contribution is -2.30. The zero-order chi connectivity index (χ0) is 22.6. The highest BCUT2D eigenvalue weighted by molar-refractivity contribution is 7.89. The molecule has 0 aliphatic rings. The molecule has 0 N–H and O–H groups in total. The molecule has 0 saturated heterocycles. The Kier molecular flexibility index (Phi) is 6.87. The van der Waals surface area contributed by atoms with E-state index >= 15 is 0 Å². The Morgan fingerprint density at radius 2 is 1.61 bits per heavy atom. The van der Waals surface area contributed by atoms with E-state index in [2.05, 4.69) is 5.10 Å². The van der Waals surface area contributed by atoms with Crippen LogP contribution >= 0.6 is 0 Å². The zero-order valence-electron chi connectivity index (χ0n) is 18.2. The van der Waals surface area contributed by atoms with Crippen LogP contribution in [0.25, 0.3) is 11.8 Å². The van der Waals surface area contributed by atoms with Crippen molar-refractivity contribution in [1.82, 2.24) is 14.1 Å². The summed E-state index contributed by atoms with van der Waals surface area (Å²) >= 11 is 0. The van der Waals surface area contributed by atoms with E-state index in [9.17, 15) is 13.2 Å². The van der Waals surface area contributed by atoms with Gasteiger partial charge in [0.15, 0.2) is 5.78 Å². The molecule has 0 bridgehead atoms. The van der Waals surface area contributed by atoms with E-state index in [1.54, 1.807) is 32.1 Å². The number of hydrogen-bond acceptors (Lipinski definition) is 4. The largest absolute Gasteiger partial charge is 0.289 e. The standard InChI is InChI=1S/C24H27N3O3S/c1-5-26(6-2)31(29,30)22-14-12-20(13-15-22)24(28)17-16-23-18(3)25-27(19(23)4)21-10-8-7-9-11-21/h7-17H,5-6H2,1-4H3/b17-16+. The molecule has 0 fully saturated rings. The number of nitrogens with zero attached hydrogens (tertiary/aromatic N) is 3. The maximum absolute atomic E-state index is 12.7. The fourth-order valence-corrected chi connectivity index (χ4v) is 4.93. The number of para-hydroxylation sites is 1. The van der Waals surface area contributed by atoms with Crippen molar-refractivity contribution in [2.24, 2.45) is 0 Å². The van der Waals surface area contributed by atoms with Crippen molar-refractivity contribution < 1.29 is 13.2 Å². The van der Waals surface area contributed by atoms with Gasteiger partial charge in [0.25, 0.3) is 0 Å². The van der Waals surface area contributed by atoms with Gasteiger partial charge in [-0.15, -0.1) is 0 Å². The molecule has 1 aromatic heterocycles. The first-order chi connectivity index (χ1) is 14.8. The van der Waals surface area contributed by atoms with Crippen LogP contribution in [0.1, 0.15) is 41.2 Å². The topological polar surface area (TPSA) is 72.3 Å².